The van der Waals surface area contributed by atoms with Gasteiger partial charge in [-0.2, -0.15) is 5.10 Å². The molecule has 1 aromatic carbocycles. The SMILES string of the molecule is O=C([O-])C1=NNc2ccccc2C=C1. The fourth-order valence-electron chi connectivity index (χ4n) is 1.18. The first-order valence-corrected chi connectivity index (χ1v) is 4.09. The van der Waals surface area contributed by atoms with Crippen LogP contribution in [0.2, 0.25) is 0 Å². The fourth-order valence-corrected chi connectivity index (χ4v) is 1.18. The Labute approximate surface area is 80.6 Å². The minimum atomic E-state index is -1.29. The van der Waals surface area contributed by atoms with Crippen LogP contribution in [0.15, 0.2) is 35.4 Å². The van der Waals surface area contributed by atoms with E-state index in [0.717, 1.165) is 11.3 Å². The molecule has 2 rings (SSSR count). The van der Waals surface area contributed by atoms with E-state index in [1.165, 1.54) is 6.08 Å². The number of aliphatic carboxylic acids is 1. The van der Waals surface area contributed by atoms with Gasteiger partial charge in [0.1, 0.15) is 5.71 Å². The Hall–Kier alpha value is -2.10. The molecule has 0 atom stereocenters. The van der Waals surface area contributed by atoms with Crippen molar-refractivity contribution in [2.45, 2.75) is 0 Å². The second-order valence-electron chi connectivity index (χ2n) is 2.82. The van der Waals surface area contributed by atoms with E-state index in [2.05, 4.69) is 10.5 Å². The van der Waals surface area contributed by atoms with Crippen molar-refractivity contribution in [1.29, 1.82) is 0 Å². The molecule has 4 nitrogen and oxygen atoms in total. The van der Waals surface area contributed by atoms with Gasteiger partial charge in [0.2, 0.25) is 0 Å². The Morgan fingerprint density at radius 1 is 1.29 bits per heavy atom. The lowest BCUT2D eigenvalue weighted by atomic mass is 10.1. The number of hydrogen-bond donors (Lipinski definition) is 1. The summed E-state index contributed by atoms with van der Waals surface area (Å²) in [4.78, 5) is 10.5. The van der Waals surface area contributed by atoms with Crippen LogP contribution < -0.4 is 10.5 Å². The van der Waals surface area contributed by atoms with Crippen LogP contribution in [-0.2, 0) is 4.79 Å². The van der Waals surface area contributed by atoms with E-state index in [1.807, 2.05) is 24.3 Å². The molecular formula is C10H7N2O2-. The number of carbonyl (C=O) groups is 1. The number of anilines is 1. The minimum Gasteiger partial charge on any atom is -0.543 e. The van der Waals surface area contributed by atoms with E-state index in [0.29, 0.717) is 0 Å². The van der Waals surface area contributed by atoms with E-state index in [4.69, 9.17) is 0 Å². The highest BCUT2D eigenvalue weighted by Crippen LogP contribution is 2.18. The molecule has 1 aliphatic heterocycles. The van der Waals surface area contributed by atoms with Gasteiger partial charge in [-0.05, 0) is 17.7 Å². The summed E-state index contributed by atoms with van der Waals surface area (Å²) < 4.78 is 0. The zero-order valence-electron chi connectivity index (χ0n) is 7.23. The van der Waals surface area contributed by atoms with Gasteiger partial charge in [0.25, 0.3) is 0 Å². The Morgan fingerprint density at radius 2 is 2.07 bits per heavy atom. The molecule has 0 bridgehead atoms. The number of carboxylic acid groups (broad SMARTS) is 1. The zero-order chi connectivity index (χ0) is 9.97. The Balaban J connectivity index is 2.41. The van der Waals surface area contributed by atoms with Gasteiger partial charge < -0.3 is 9.90 Å². The van der Waals surface area contributed by atoms with Gasteiger partial charge in [-0.15, -0.1) is 0 Å². The van der Waals surface area contributed by atoms with Crippen molar-refractivity contribution in [3.8, 4) is 0 Å². The average Bonchev–Trinajstić information content (AvgIpc) is 2.39. The molecule has 1 heterocycles. The maximum atomic E-state index is 10.5. The molecule has 0 unspecified atom stereocenters. The molecule has 1 aliphatic rings. The molecule has 0 radical (unpaired) electrons. The zero-order valence-corrected chi connectivity index (χ0v) is 7.23. The van der Waals surface area contributed by atoms with E-state index in [1.54, 1.807) is 6.08 Å². The van der Waals surface area contributed by atoms with Crippen molar-refractivity contribution in [2.24, 2.45) is 5.10 Å². The topological polar surface area (TPSA) is 64.5 Å². The van der Waals surface area contributed by atoms with E-state index in [-0.39, 0.29) is 5.71 Å². The van der Waals surface area contributed by atoms with Gasteiger partial charge in [0, 0.05) is 0 Å². The number of fused-ring (bicyclic) bond motifs is 1. The highest BCUT2D eigenvalue weighted by Gasteiger charge is 2.03. The Kier molecular flexibility index (Phi) is 2.02. The quantitative estimate of drug-likeness (QED) is 0.684. The van der Waals surface area contributed by atoms with Gasteiger partial charge in [-0.25, -0.2) is 0 Å². The molecule has 0 saturated carbocycles. The van der Waals surface area contributed by atoms with E-state index in [9.17, 15) is 9.90 Å². The van der Waals surface area contributed by atoms with E-state index < -0.39 is 5.97 Å². The smallest absolute Gasteiger partial charge is 0.106 e. The Bertz CT molecular complexity index is 436. The van der Waals surface area contributed by atoms with Crippen molar-refractivity contribution >= 4 is 23.4 Å². The van der Waals surface area contributed by atoms with Crippen molar-refractivity contribution in [1.82, 2.24) is 0 Å². The van der Waals surface area contributed by atoms with Crippen LogP contribution >= 0.6 is 0 Å². The van der Waals surface area contributed by atoms with Crippen molar-refractivity contribution in [3.05, 3.63) is 35.9 Å². The molecule has 1 aromatic rings. The van der Waals surface area contributed by atoms with Crippen LogP contribution in [0.5, 0.6) is 0 Å². The number of carbonyl (C=O) groups excluding carboxylic acids is 1. The molecule has 0 amide bonds. The average molecular weight is 187 g/mol. The summed E-state index contributed by atoms with van der Waals surface area (Å²) in [5.41, 5.74) is 4.22. The molecule has 0 aliphatic carbocycles. The van der Waals surface area contributed by atoms with Crippen LogP contribution in [0.3, 0.4) is 0 Å². The van der Waals surface area contributed by atoms with Gasteiger partial charge in [0.15, 0.2) is 0 Å². The second kappa shape index (κ2) is 3.33. The standard InChI is InChI=1S/C10H8N2O2/c13-10(14)9-6-5-7-3-1-2-4-8(7)11-12-9/h1-6,11H,(H,13,14)/p-1. The summed E-state index contributed by atoms with van der Waals surface area (Å²) >= 11 is 0. The predicted octanol–water partition coefficient (Wildman–Crippen LogP) is 0.231. The van der Waals surface area contributed by atoms with Crippen LogP contribution in [-0.4, -0.2) is 11.7 Å². The maximum Gasteiger partial charge on any atom is 0.106 e. The molecule has 4 heteroatoms. The van der Waals surface area contributed by atoms with Crippen LogP contribution in [0, 0.1) is 0 Å². The van der Waals surface area contributed by atoms with Crippen LogP contribution in [0.4, 0.5) is 5.69 Å². The number of hydrazone groups is 1. The largest absolute Gasteiger partial charge is 0.543 e. The monoisotopic (exact) mass is 187 g/mol. The number of benzene rings is 1. The predicted molar refractivity (Wildman–Crippen MR) is 51.5 cm³/mol. The lowest BCUT2D eigenvalue weighted by Crippen LogP contribution is -2.30. The summed E-state index contributed by atoms with van der Waals surface area (Å²) in [7, 11) is 0. The highest BCUT2D eigenvalue weighted by atomic mass is 16.4. The third kappa shape index (κ3) is 1.50. The number of nitrogens with one attached hydrogen (secondary N) is 1. The molecule has 70 valence electrons. The van der Waals surface area contributed by atoms with Gasteiger partial charge in [-0.3, -0.25) is 5.43 Å². The molecular weight excluding hydrogens is 180 g/mol. The first-order valence-electron chi connectivity index (χ1n) is 4.09. The van der Waals surface area contributed by atoms with Gasteiger partial charge in [0.05, 0.1) is 11.7 Å². The molecule has 0 spiro atoms. The molecule has 0 saturated heterocycles. The number of carboxylic acids is 1. The summed E-state index contributed by atoms with van der Waals surface area (Å²) in [5, 5.41) is 14.2. The molecule has 1 N–H and O–H groups in total. The highest BCUT2D eigenvalue weighted by molar-refractivity contribution is 6.40. The molecule has 0 aromatic heterocycles. The number of rotatable bonds is 1. The van der Waals surface area contributed by atoms with Crippen molar-refractivity contribution < 1.29 is 9.90 Å². The number of nitrogens with zero attached hydrogens (tertiary/aromatic N) is 1. The summed E-state index contributed by atoms with van der Waals surface area (Å²) in [6.45, 7) is 0. The summed E-state index contributed by atoms with van der Waals surface area (Å²) in [5.74, 6) is -1.29. The molecule has 14 heavy (non-hydrogen) atoms. The van der Waals surface area contributed by atoms with E-state index >= 15 is 0 Å². The lowest BCUT2D eigenvalue weighted by Gasteiger charge is -2.02. The lowest BCUT2D eigenvalue weighted by molar-refractivity contribution is -0.293. The normalized spacial score (nSPS) is 13.6. The second-order valence-corrected chi connectivity index (χ2v) is 2.82. The number of para-hydroxylation sites is 1. The first kappa shape index (κ1) is 8.50. The fraction of sp³-hybridized carbons (Fsp3) is 0. The van der Waals surface area contributed by atoms with Crippen molar-refractivity contribution in [2.75, 3.05) is 5.43 Å². The minimum absolute atomic E-state index is 0.110. The maximum absolute atomic E-state index is 10.5. The summed E-state index contributed by atoms with van der Waals surface area (Å²) in [6, 6.07) is 7.40. The third-order valence-electron chi connectivity index (χ3n) is 1.89. The van der Waals surface area contributed by atoms with Crippen LogP contribution in [0.1, 0.15) is 5.56 Å². The van der Waals surface area contributed by atoms with Crippen molar-refractivity contribution in [3.63, 3.8) is 0 Å². The van der Waals surface area contributed by atoms with Gasteiger partial charge >= 0.3 is 0 Å². The number of hydrogen-bond acceptors (Lipinski definition) is 4. The van der Waals surface area contributed by atoms with Gasteiger partial charge in [-0.1, -0.05) is 24.3 Å². The summed E-state index contributed by atoms with van der Waals surface area (Å²) in [6.07, 6.45) is 3.10. The Morgan fingerprint density at radius 3 is 2.86 bits per heavy atom. The third-order valence-corrected chi connectivity index (χ3v) is 1.89. The first-order chi connectivity index (χ1) is 6.77. The van der Waals surface area contributed by atoms with Crippen LogP contribution in [0.25, 0.3) is 6.08 Å². The molecule has 0 fully saturated rings.